The van der Waals surface area contributed by atoms with Gasteiger partial charge in [0.15, 0.2) is 0 Å². The van der Waals surface area contributed by atoms with Crippen LogP contribution in [0.4, 0.5) is 0 Å². The Morgan fingerprint density at radius 3 is 3.10 bits per heavy atom. The van der Waals surface area contributed by atoms with E-state index in [1.165, 1.54) is 4.88 Å². The van der Waals surface area contributed by atoms with Gasteiger partial charge in [-0.3, -0.25) is 16.0 Å². The summed E-state index contributed by atoms with van der Waals surface area (Å²) >= 11 is 8.04. The van der Waals surface area contributed by atoms with Crippen molar-refractivity contribution in [3.05, 3.63) is 39.3 Å². The lowest BCUT2D eigenvalue weighted by Gasteiger charge is -2.18. The summed E-state index contributed by atoms with van der Waals surface area (Å²) in [5.74, 6) is 5.71. The van der Waals surface area contributed by atoms with E-state index in [9.17, 15) is 0 Å². The number of aryl methyl sites for hydroxylation is 1. The summed E-state index contributed by atoms with van der Waals surface area (Å²) in [6, 6.07) is 4.23. The molecule has 0 amide bonds. The van der Waals surface area contributed by atoms with Crippen molar-refractivity contribution in [3.8, 4) is 0 Å². The molecule has 0 bridgehead atoms. The van der Waals surface area contributed by atoms with Crippen molar-refractivity contribution < 1.29 is 4.74 Å². The molecule has 116 valence electrons. The molecule has 0 aliphatic rings. The number of nitrogens with one attached hydrogen (secondary N) is 1. The minimum absolute atomic E-state index is 0.00295. The predicted octanol–water partition coefficient (Wildman–Crippen LogP) is 2.77. The van der Waals surface area contributed by atoms with Gasteiger partial charge in [-0.25, -0.2) is 0 Å². The third-order valence-electron chi connectivity index (χ3n) is 3.37. The van der Waals surface area contributed by atoms with E-state index in [4.69, 9.17) is 22.2 Å². The van der Waals surface area contributed by atoms with Crippen LogP contribution in [-0.2, 0) is 17.7 Å². The van der Waals surface area contributed by atoms with Crippen molar-refractivity contribution in [2.45, 2.75) is 31.8 Å². The molecule has 0 radical (unpaired) electrons. The highest BCUT2D eigenvalue weighted by atomic mass is 35.5. The molecule has 2 aromatic heterocycles. The molecular weight excluding hydrogens is 308 g/mol. The van der Waals surface area contributed by atoms with Crippen LogP contribution in [-0.4, -0.2) is 23.5 Å². The van der Waals surface area contributed by atoms with Gasteiger partial charge in [-0.15, -0.1) is 11.3 Å². The number of aromatic nitrogens is 2. The molecule has 2 heterocycles. The Labute approximate surface area is 134 Å². The number of thiophene rings is 1. The van der Waals surface area contributed by atoms with Gasteiger partial charge in [-0.1, -0.05) is 17.7 Å². The van der Waals surface area contributed by atoms with Gasteiger partial charge in [0, 0.05) is 12.0 Å². The number of hydrogen-bond acceptors (Lipinski definition) is 5. The van der Waals surface area contributed by atoms with Crippen LogP contribution in [0.5, 0.6) is 0 Å². The molecule has 0 saturated carbocycles. The van der Waals surface area contributed by atoms with Gasteiger partial charge in [0.05, 0.1) is 36.1 Å². The van der Waals surface area contributed by atoms with Gasteiger partial charge >= 0.3 is 0 Å². The summed E-state index contributed by atoms with van der Waals surface area (Å²) in [5.41, 5.74) is 3.79. The summed E-state index contributed by atoms with van der Waals surface area (Å²) in [5, 5.41) is 7.04. The standard InChI is InChI=1S/C14H21ClN4OS/c1-20-8-7-19-14(12(15)10-17-19)13(18-16)6-2-4-11-5-3-9-21-11/h3,5,9-10,13,18H,2,4,6-8,16H2,1H3. The highest BCUT2D eigenvalue weighted by Crippen LogP contribution is 2.26. The Morgan fingerprint density at radius 2 is 2.43 bits per heavy atom. The Bertz CT molecular complexity index is 529. The minimum Gasteiger partial charge on any atom is -0.383 e. The van der Waals surface area contributed by atoms with Gasteiger partial charge in [0.25, 0.3) is 0 Å². The lowest BCUT2D eigenvalue weighted by Crippen LogP contribution is -2.30. The number of methoxy groups -OCH3 is 1. The Kier molecular flexibility index (Phi) is 6.66. The van der Waals surface area contributed by atoms with Crippen LogP contribution in [0.25, 0.3) is 0 Å². The molecule has 0 aliphatic carbocycles. The smallest absolute Gasteiger partial charge is 0.0834 e. The van der Waals surface area contributed by atoms with Crippen molar-refractivity contribution in [3.63, 3.8) is 0 Å². The third kappa shape index (κ3) is 4.52. The molecule has 0 aliphatic heterocycles. The quantitative estimate of drug-likeness (QED) is 0.549. The molecule has 21 heavy (non-hydrogen) atoms. The molecule has 7 heteroatoms. The van der Waals surface area contributed by atoms with Crippen molar-refractivity contribution in [2.75, 3.05) is 13.7 Å². The normalized spacial score (nSPS) is 12.7. The van der Waals surface area contributed by atoms with E-state index in [0.717, 1.165) is 25.0 Å². The molecule has 2 aromatic rings. The Hall–Kier alpha value is -0.920. The van der Waals surface area contributed by atoms with Crippen LogP contribution in [0.3, 0.4) is 0 Å². The molecule has 0 aromatic carbocycles. The van der Waals surface area contributed by atoms with E-state index in [2.05, 4.69) is 28.0 Å². The Balaban J connectivity index is 1.97. The maximum absolute atomic E-state index is 6.26. The lowest BCUT2D eigenvalue weighted by atomic mass is 10.1. The SMILES string of the molecule is COCCn1ncc(Cl)c1C(CCCc1cccs1)NN. The number of hydrazine groups is 1. The fraction of sp³-hybridized carbons (Fsp3) is 0.500. The number of nitrogens with two attached hydrogens (primary N) is 1. The molecule has 2 rings (SSSR count). The molecule has 3 N–H and O–H groups in total. The number of ether oxygens (including phenoxy) is 1. The van der Waals surface area contributed by atoms with Crippen molar-refractivity contribution in [2.24, 2.45) is 5.84 Å². The second-order valence-corrected chi connectivity index (χ2v) is 6.22. The van der Waals surface area contributed by atoms with E-state index >= 15 is 0 Å². The summed E-state index contributed by atoms with van der Waals surface area (Å²) in [7, 11) is 1.67. The minimum atomic E-state index is -0.00295. The van der Waals surface area contributed by atoms with Crippen LogP contribution >= 0.6 is 22.9 Å². The molecule has 5 nitrogen and oxygen atoms in total. The largest absolute Gasteiger partial charge is 0.383 e. The first-order chi connectivity index (χ1) is 10.3. The molecule has 0 fully saturated rings. The second-order valence-electron chi connectivity index (χ2n) is 4.78. The molecule has 0 spiro atoms. The second kappa shape index (κ2) is 8.51. The zero-order valence-corrected chi connectivity index (χ0v) is 13.7. The van der Waals surface area contributed by atoms with E-state index in [1.807, 2.05) is 4.68 Å². The van der Waals surface area contributed by atoms with Crippen LogP contribution in [0, 0.1) is 0 Å². The van der Waals surface area contributed by atoms with Crippen molar-refractivity contribution in [1.82, 2.24) is 15.2 Å². The molecule has 0 saturated heterocycles. The van der Waals surface area contributed by atoms with Crippen molar-refractivity contribution in [1.29, 1.82) is 0 Å². The van der Waals surface area contributed by atoms with Crippen LogP contribution < -0.4 is 11.3 Å². The van der Waals surface area contributed by atoms with Gasteiger partial charge in [0.1, 0.15) is 0 Å². The van der Waals surface area contributed by atoms with Crippen LogP contribution in [0.1, 0.15) is 29.5 Å². The first-order valence-corrected chi connectivity index (χ1v) is 8.20. The van der Waals surface area contributed by atoms with Crippen LogP contribution in [0.2, 0.25) is 5.02 Å². The monoisotopic (exact) mass is 328 g/mol. The summed E-state index contributed by atoms with van der Waals surface area (Å²) in [4.78, 5) is 1.39. The third-order valence-corrected chi connectivity index (χ3v) is 4.60. The zero-order chi connectivity index (χ0) is 15.1. The maximum atomic E-state index is 6.26. The first-order valence-electron chi connectivity index (χ1n) is 6.95. The fourth-order valence-corrected chi connectivity index (χ4v) is 3.33. The highest BCUT2D eigenvalue weighted by Gasteiger charge is 2.19. The number of rotatable bonds is 9. The molecule has 1 atom stereocenters. The average molecular weight is 329 g/mol. The maximum Gasteiger partial charge on any atom is 0.0834 e. The first kappa shape index (κ1) is 16.5. The number of halogens is 1. The van der Waals surface area contributed by atoms with E-state index in [0.29, 0.717) is 18.2 Å². The van der Waals surface area contributed by atoms with Gasteiger partial charge in [-0.05, 0) is 30.7 Å². The average Bonchev–Trinajstić information content (AvgIpc) is 3.12. The van der Waals surface area contributed by atoms with Gasteiger partial charge in [-0.2, -0.15) is 5.10 Å². The van der Waals surface area contributed by atoms with E-state index < -0.39 is 0 Å². The molecule has 1 unspecified atom stereocenters. The number of hydrogen-bond donors (Lipinski definition) is 2. The summed E-state index contributed by atoms with van der Waals surface area (Å²) in [6.45, 7) is 1.26. The van der Waals surface area contributed by atoms with Gasteiger partial charge < -0.3 is 4.74 Å². The molecular formula is C14H21ClN4OS. The van der Waals surface area contributed by atoms with E-state index in [1.54, 1.807) is 24.6 Å². The zero-order valence-electron chi connectivity index (χ0n) is 12.1. The predicted molar refractivity (Wildman–Crippen MR) is 86.4 cm³/mol. The fourth-order valence-electron chi connectivity index (χ4n) is 2.31. The summed E-state index contributed by atoms with van der Waals surface area (Å²) < 4.78 is 6.96. The topological polar surface area (TPSA) is 65.1 Å². The lowest BCUT2D eigenvalue weighted by molar-refractivity contribution is 0.181. The highest BCUT2D eigenvalue weighted by molar-refractivity contribution is 7.09. The van der Waals surface area contributed by atoms with Gasteiger partial charge in [0.2, 0.25) is 0 Å². The van der Waals surface area contributed by atoms with Crippen molar-refractivity contribution >= 4 is 22.9 Å². The van der Waals surface area contributed by atoms with Crippen LogP contribution in [0.15, 0.2) is 23.7 Å². The van der Waals surface area contributed by atoms with E-state index in [-0.39, 0.29) is 6.04 Å². The summed E-state index contributed by atoms with van der Waals surface area (Å²) in [6.07, 6.45) is 4.67. The number of nitrogens with zero attached hydrogens (tertiary/aromatic N) is 2. The Morgan fingerprint density at radius 1 is 1.57 bits per heavy atom.